The van der Waals surface area contributed by atoms with E-state index in [0.717, 1.165) is 5.56 Å². The zero-order valence-electron chi connectivity index (χ0n) is 9.34. The number of nitrogens with one attached hydrogen (secondary N) is 1. The van der Waals surface area contributed by atoms with Crippen molar-refractivity contribution in [2.45, 2.75) is 6.92 Å². The lowest BCUT2D eigenvalue weighted by Gasteiger charge is -2.07. The number of hydrogen-bond donors (Lipinski definition) is 2. The Balaban J connectivity index is 2.19. The lowest BCUT2D eigenvalue weighted by atomic mass is 10.2. The van der Waals surface area contributed by atoms with E-state index in [1.165, 1.54) is 6.20 Å². The van der Waals surface area contributed by atoms with Crippen LogP contribution in [0, 0.1) is 6.92 Å². The van der Waals surface area contributed by atoms with Gasteiger partial charge in [0.05, 0.1) is 11.9 Å². The summed E-state index contributed by atoms with van der Waals surface area (Å²) in [5, 5.41) is 2.72. The van der Waals surface area contributed by atoms with Gasteiger partial charge in [0.25, 0.3) is 5.91 Å². The van der Waals surface area contributed by atoms with Crippen LogP contribution in [0.15, 0.2) is 36.8 Å². The SMILES string of the molecule is Cc1cc(N)cnc1NC(=O)c1ccncc1. The number of hydrogen-bond acceptors (Lipinski definition) is 4. The maximum Gasteiger partial charge on any atom is 0.256 e. The van der Waals surface area contributed by atoms with Gasteiger partial charge in [-0.15, -0.1) is 0 Å². The van der Waals surface area contributed by atoms with E-state index in [1.54, 1.807) is 30.6 Å². The Kier molecular flexibility index (Phi) is 3.00. The minimum Gasteiger partial charge on any atom is -0.397 e. The Bertz CT molecular complexity index is 539. The highest BCUT2D eigenvalue weighted by Crippen LogP contribution is 2.14. The molecule has 86 valence electrons. The van der Waals surface area contributed by atoms with Crippen LogP contribution in [0.4, 0.5) is 11.5 Å². The molecule has 0 aromatic carbocycles. The summed E-state index contributed by atoms with van der Waals surface area (Å²) in [4.78, 5) is 19.8. The van der Waals surface area contributed by atoms with Crippen LogP contribution in [-0.4, -0.2) is 15.9 Å². The first-order valence-electron chi connectivity index (χ1n) is 5.10. The van der Waals surface area contributed by atoms with Crippen LogP contribution in [0.2, 0.25) is 0 Å². The van der Waals surface area contributed by atoms with Gasteiger partial charge >= 0.3 is 0 Å². The molecule has 0 saturated carbocycles. The number of carbonyl (C=O) groups is 1. The summed E-state index contributed by atoms with van der Waals surface area (Å²) in [5.41, 5.74) is 7.53. The number of nitrogens with zero attached hydrogens (tertiary/aromatic N) is 2. The highest BCUT2D eigenvalue weighted by atomic mass is 16.1. The third-order valence-electron chi connectivity index (χ3n) is 2.27. The molecule has 2 heterocycles. The molecule has 0 spiro atoms. The molecule has 0 fully saturated rings. The molecule has 5 nitrogen and oxygen atoms in total. The van der Waals surface area contributed by atoms with Gasteiger partial charge in [0, 0.05) is 18.0 Å². The second kappa shape index (κ2) is 4.61. The number of aromatic nitrogens is 2. The van der Waals surface area contributed by atoms with Gasteiger partial charge in [-0.25, -0.2) is 4.98 Å². The molecule has 1 amide bonds. The van der Waals surface area contributed by atoms with Gasteiger partial charge in [0.2, 0.25) is 0 Å². The van der Waals surface area contributed by atoms with E-state index in [1.807, 2.05) is 6.92 Å². The van der Waals surface area contributed by atoms with Crippen LogP contribution >= 0.6 is 0 Å². The van der Waals surface area contributed by atoms with E-state index < -0.39 is 0 Å². The summed E-state index contributed by atoms with van der Waals surface area (Å²) >= 11 is 0. The van der Waals surface area contributed by atoms with Gasteiger partial charge in [-0.1, -0.05) is 0 Å². The third-order valence-corrected chi connectivity index (χ3v) is 2.27. The van der Waals surface area contributed by atoms with Crippen LogP contribution in [0.3, 0.4) is 0 Å². The minimum atomic E-state index is -0.215. The molecule has 0 unspecified atom stereocenters. The van der Waals surface area contributed by atoms with Gasteiger partial charge in [-0.2, -0.15) is 0 Å². The molecule has 0 radical (unpaired) electrons. The minimum absolute atomic E-state index is 0.215. The standard InChI is InChI=1S/C12H12N4O/c1-8-6-10(13)7-15-11(8)16-12(17)9-2-4-14-5-3-9/h2-7H,13H2,1H3,(H,15,16,17). The van der Waals surface area contributed by atoms with E-state index in [2.05, 4.69) is 15.3 Å². The molecule has 2 aromatic heterocycles. The molecule has 0 saturated heterocycles. The summed E-state index contributed by atoms with van der Waals surface area (Å²) in [5.74, 6) is 0.300. The van der Waals surface area contributed by atoms with E-state index >= 15 is 0 Å². The largest absolute Gasteiger partial charge is 0.397 e. The molecule has 0 aliphatic rings. The van der Waals surface area contributed by atoms with E-state index in [4.69, 9.17) is 5.73 Å². The van der Waals surface area contributed by atoms with Crippen molar-refractivity contribution in [2.75, 3.05) is 11.1 Å². The Morgan fingerprint density at radius 1 is 1.35 bits per heavy atom. The second-order valence-electron chi connectivity index (χ2n) is 3.62. The zero-order valence-corrected chi connectivity index (χ0v) is 9.34. The molecule has 0 aliphatic carbocycles. The van der Waals surface area contributed by atoms with Crippen molar-refractivity contribution >= 4 is 17.4 Å². The average molecular weight is 228 g/mol. The van der Waals surface area contributed by atoms with Gasteiger partial charge < -0.3 is 11.1 Å². The summed E-state index contributed by atoms with van der Waals surface area (Å²) in [7, 11) is 0. The van der Waals surface area contributed by atoms with Gasteiger partial charge in [0.15, 0.2) is 0 Å². The molecular weight excluding hydrogens is 216 g/mol. The number of anilines is 2. The van der Waals surface area contributed by atoms with Crippen molar-refractivity contribution in [1.29, 1.82) is 0 Å². The lowest BCUT2D eigenvalue weighted by molar-refractivity contribution is 0.102. The number of carbonyl (C=O) groups excluding carboxylic acids is 1. The van der Waals surface area contributed by atoms with Crippen LogP contribution in [-0.2, 0) is 0 Å². The van der Waals surface area contributed by atoms with Crippen molar-refractivity contribution in [2.24, 2.45) is 0 Å². The molecular formula is C12H12N4O. The summed E-state index contributed by atoms with van der Waals surface area (Å²) in [6, 6.07) is 5.04. The normalized spacial score (nSPS) is 9.94. The number of nitrogens with two attached hydrogens (primary N) is 1. The maximum absolute atomic E-state index is 11.8. The average Bonchev–Trinajstić information content (AvgIpc) is 2.34. The molecule has 17 heavy (non-hydrogen) atoms. The predicted molar refractivity (Wildman–Crippen MR) is 65.6 cm³/mol. The number of amides is 1. The maximum atomic E-state index is 11.8. The van der Waals surface area contributed by atoms with Crippen molar-refractivity contribution in [1.82, 2.24) is 9.97 Å². The highest BCUT2D eigenvalue weighted by Gasteiger charge is 2.08. The Labute approximate surface area is 98.7 Å². The van der Waals surface area contributed by atoms with Crippen LogP contribution in [0.1, 0.15) is 15.9 Å². The first-order valence-corrected chi connectivity index (χ1v) is 5.10. The highest BCUT2D eigenvalue weighted by molar-refractivity contribution is 6.04. The molecule has 0 atom stereocenters. The van der Waals surface area contributed by atoms with Crippen LogP contribution < -0.4 is 11.1 Å². The number of rotatable bonds is 2. The van der Waals surface area contributed by atoms with Crippen molar-refractivity contribution in [3.8, 4) is 0 Å². The molecule has 0 bridgehead atoms. The summed E-state index contributed by atoms with van der Waals surface area (Å²) in [6.45, 7) is 1.84. The first-order chi connectivity index (χ1) is 8.16. The third kappa shape index (κ3) is 2.57. The zero-order chi connectivity index (χ0) is 12.3. The quantitative estimate of drug-likeness (QED) is 0.818. The van der Waals surface area contributed by atoms with Crippen molar-refractivity contribution < 1.29 is 4.79 Å². The molecule has 3 N–H and O–H groups in total. The van der Waals surface area contributed by atoms with Gasteiger partial charge in [0.1, 0.15) is 5.82 Å². The van der Waals surface area contributed by atoms with Crippen molar-refractivity contribution in [3.05, 3.63) is 47.9 Å². The predicted octanol–water partition coefficient (Wildman–Crippen LogP) is 1.62. The molecule has 5 heteroatoms. The Morgan fingerprint density at radius 3 is 2.71 bits per heavy atom. The topological polar surface area (TPSA) is 80.9 Å². The molecule has 0 aliphatic heterocycles. The van der Waals surface area contributed by atoms with Gasteiger partial charge in [-0.3, -0.25) is 9.78 Å². The number of nitrogen functional groups attached to an aromatic ring is 1. The smallest absolute Gasteiger partial charge is 0.256 e. The van der Waals surface area contributed by atoms with Gasteiger partial charge in [-0.05, 0) is 30.7 Å². The first kappa shape index (κ1) is 11.1. The van der Waals surface area contributed by atoms with Crippen molar-refractivity contribution in [3.63, 3.8) is 0 Å². The van der Waals surface area contributed by atoms with Crippen LogP contribution in [0.25, 0.3) is 0 Å². The fraction of sp³-hybridized carbons (Fsp3) is 0.0833. The molecule has 2 rings (SSSR count). The van der Waals surface area contributed by atoms with E-state index in [0.29, 0.717) is 17.1 Å². The summed E-state index contributed by atoms with van der Waals surface area (Å²) in [6.07, 6.45) is 4.64. The molecule has 2 aromatic rings. The fourth-order valence-electron chi connectivity index (χ4n) is 1.41. The van der Waals surface area contributed by atoms with E-state index in [9.17, 15) is 4.79 Å². The monoisotopic (exact) mass is 228 g/mol. The summed E-state index contributed by atoms with van der Waals surface area (Å²) < 4.78 is 0. The lowest BCUT2D eigenvalue weighted by Crippen LogP contribution is -2.14. The second-order valence-corrected chi connectivity index (χ2v) is 3.62. The fourth-order valence-corrected chi connectivity index (χ4v) is 1.41. The van der Waals surface area contributed by atoms with E-state index in [-0.39, 0.29) is 5.91 Å². The number of pyridine rings is 2. The van der Waals surface area contributed by atoms with Crippen LogP contribution in [0.5, 0.6) is 0 Å². The Hall–Kier alpha value is -2.43. The Morgan fingerprint density at radius 2 is 2.06 bits per heavy atom. The number of aryl methyl sites for hydroxylation is 1.